The lowest BCUT2D eigenvalue weighted by atomic mass is 10.3. The van der Waals surface area contributed by atoms with Crippen LogP contribution in [0, 0.1) is 10.1 Å². The fourth-order valence-corrected chi connectivity index (χ4v) is 1.84. The Balaban J connectivity index is 1.83. The average Bonchev–Trinajstić information content (AvgIpc) is 2.65. The molecule has 0 atom stereocenters. The fourth-order valence-electron chi connectivity index (χ4n) is 1.84. The van der Waals surface area contributed by atoms with Gasteiger partial charge in [0.2, 0.25) is 0 Å². The first-order chi connectivity index (χ1) is 12.7. The molecule has 0 aliphatic heterocycles. The molecule has 0 bridgehead atoms. The largest absolute Gasteiger partial charge is 0.494 e. The van der Waals surface area contributed by atoms with Crippen LogP contribution in [0.15, 0.2) is 24.3 Å². The number of hydrogen-bond acceptors (Lipinski definition) is 8. The highest BCUT2D eigenvalue weighted by atomic mass is 16.6. The molecule has 0 heterocycles. The normalized spacial score (nSPS) is 10.8. The molecular weight excluding hydrogens is 346 g/mol. The molecule has 0 amide bonds. The number of nitro groups is 1. The van der Waals surface area contributed by atoms with Crippen LogP contribution in [0.2, 0.25) is 0 Å². The van der Waals surface area contributed by atoms with Crippen LogP contribution in [0.3, 0.4) is 0 Å². The smallest absolute Gasteiger partial charge is 0.269 e. The molecule has 0 saturated heterocycles. The van der Waals surface area contributed by atoms with Crippen molar-refractivity contribution in [1.29, 1.82) is 0 Å². The first kappa shape index (κ1) is 22.3. The highest BCUT2D eigenvalue weighted by Gasteiger charge is 2.04. The van der Waals surface area contributed by atoms with Gasteiger partial charge in [-0.1, -0.05) is 0 Å². The number of ether oxygens (including phenoxy) is 5. The Morgan fingerprint density at radius 1 is 0.769 bits per heavy atom. The van der Waals surface area contributed by atoms with Gasteiger partial charge in [0, 0.05) is 25.2 Å². The van der Waals surface area contributed by atoms with Crippen molar-refractivity contribution in [2.45, 2.75) is 6.42 Å². The summed E-state index contributed by atoms with van der Waals surface area (Å²) in [7, 11) is 0. The summed E-state index contributed by atoms with van der Waals surface area (Å²) in [5, 5.41) is 19.0. The van der Waals surface area contributed by atoms with Gasteiger partial charge >= 0.3 is 0 Å². The molecular formula is C17H27NO8. The molecule has 0 aliphatic rings. The molecule has 9 nitrogen and oxygen atoms in total. The Morgan fingerprint density at radius 3 is 1.77 bits per heavy atom. The Bertz CT molecular complexity index is 468. The topological polar surface area (TPSA) is 110 Å². The van der Waals surface area contributed by atoms with Crippen LogP contribution < -0.4 is 4.74 Å². The Kier molecular flexibility index (Phi) is 13.2. The van der Waals surface area contributed by atoms with Crippen LogP contribution in [0.25, 0.3) is 0 Å². The van der Waals surface area contributed by atoms with Gasteiger partial charge in [-0.25, -0.2) is 0 Å². The second kappa shape index (κ2) is 15.5. The van der Waals surface area contributed by atoms with Crippen LogP contribution in [0.1, 0.15) is 6.42 Å². The maximum atomic E-state index is 10.5. The SMILES string of the molecule is O=[N+]([O-])c1ccc(OCCCOCCOCCOCCOCCO)cc1. The van der Waals surface area contributed by atoms with E-state index in [1.165, 1.54) is 12.1 Å². The fraction of sp³-hybridized carbons (Fsp3) is 0.647. The van der Waals surface area contributed by atoms with Crippen LogP contribution in [-0.4, -0.2) is 76.1 Å². The van der Waals surface area contributed by atoms with Gasteiger partial charge in [-0.05, 0) is 12.1 Å². The summed E-state index contributed by atoms with van der Waals surface area (Å²) in [6.07, 6.45) is 0.716. The van der Waals surface area contributed by atoms with Gasteiger partial charge in [0.05, 0.1) is 64.4 Å². The van der Waals surface area contributed by atoms with Gasteiger partial charge in [0.25, 0.3) is 5.69 Å². The number of aliphatic hydroxyl groups is 1. The molecule has 0 saturated carbocycles. The highest BCUT2D eigenvalue weighted by Crippen LogP contribution is 2.17. The van der Waals surface area contributed by atoms with E-state index in [4.69, 9.17) is 28.8 Å². The van der Waals surface area contributed by atoms with Gasteiger partial charge in [0.1, 0.15) is 5.75 Å². The van der Waals surface area contributed by atoms with E-state index >= 15 is 0 Å². The van der Waals surface area contributed by atoms with E-state index in [1.807, 2.05) is 0 Å². The monoisotopic (exact) mass is 373 g/mol. The first-order valence-electron chi connectivity index (χ1n) is 8.53. The summed E-state index contributed by atoms with van der Waals surface area (Å²) >= 11 is 0. The van der Waals surface area contributed by atoms with Crippen molar-refractivity contribution < 1.29 is 33.7 Å². The van der Waals surface area contributed by atoms with Crippen molar-refractivity contribution >= 4 is 5.69 Å². The van der Waals surface area contributed by atoms with Gasteiger partial charge < -0.3 is 28.8 Å². The minimum Gasteiger partial charge on any atom is -0.494 e. The average molecular weight is 373 g/mol. The third-order valence-electron chi connectivity index (χ3n) is 3.10. The summed E-state index contributed by atoms with van der Waals surface area (Å²) in [6, 6.07) is 5.98. The van der Waals surface area contributed by atoms with Gasteiger partial charge in [-0.3, -0.25) is 10.1 Å². The van der Waals surface area contributed by atoms with Crippen molar-refractivity contribution in [3.05, 3.63) is 34.4 Å². The zero-order chi connectivity index (χ0) is 18.9. The lowest BCUT2D eigenvalue weighted by Crippen LogP contribution is -2.13. The van der Waals surface area contributed by atoms with E-state index in [0.29, 0.717) is 71.6 Å². The standard InChI is InChI=1S/C17H27NO8/c19-6-9-23-11-13-25-15-14-24-12-10-22-7-1-8-26-17-4-2-16(3-5-17)18(20)21/h2-5,19H,1,6-15H2. The number of nitrogens with zero attached hydrogens (tertiary/aromatic N) is 1. The van der Waals surface area contributed by atoms with Gasteiger partial charge in [-0.15, -0.1) is 0 Å². The van der Waals surface area contributed by atoms with Crippen molar-refractivity contribution in [2.75, 3.05) is 66.1 Å². The van der Waals surface area contributed by atoms with Crippen molar-refractivity contribution in [3.63, 3.8) is 0 Å². The maximum absolute atomic E-state index is 10.5. The minimum absolute atomic E-state index is 0.0201. The maximum Gasteiger partial charge on any atom is 0.269 e. The van der Waals surface area contributed by atoms with E-state index in [-0.39, 0.29) is 12.3 Å². The Labute approximate surface area is 152 Å². The number of non-ortho nitro benzene ring substituents is 1. The third kappa shape index (κ3) is 11.7. The molecule has 0 aliphatic carbocycles. The Hall–Kier alpha value is -1.78. The van der Waals surface area contributed by atoms with Crippen molar-refractivity contribution in [1.82, 2.24) is 0 Å². The molecule has 0 radical (unpaired) electrons. The number of nitro benzene ring substituents is 1. The zero-order valence-corrected chi connectivity index (χ0v) is 14.8. The minimum atomic E-state index is -0.445. The van der Waals surface area contributed by atoms with Crippen molar-refractivity contribution in [3.8, 4) is 5.75 Å². The van der Waals surface area contributed by atoms with Crippen LogP contribution in [0.4, 0.5) is 5.69 Å². The molecule has 1 N–H and O–H groups in total. The molecule has 1 aromatic carbocycles. The lowest BCUT2D eigenvalue weighted by molar-refractivity contribution is -0.384. The molecule has 1 rings (SSSR count). The number of aliphatic hydroxyl groups excluding tert-OH is 1. The summed E-state index contributed by atoms with van der Waals surface area (Å²) in [5.74, 6) is 0.598. The second-order valence-corrected chi connectivity index (χ2v) is 5.13. The first-order valence-corrected chi connectivity index (χ1v) is 8.53. The molecule has 9 heteroatoms. The predicted octanol–water partition coefficient (Wildman–Crippen LogP) is 1.42. The van der Waals surface area contributed by atoms with Gasteiger partial charge in [-0.2, -0.15) is 0 Å². The zero-order valence-electron chi connectivity index (χ0n) is 14.8. The summed E-state index contributed by atoms with van der Waals surface area (Å²) in [6.45, 7) is 4.30. The molecule has 0 unspecified atom stereocenters. The molecule has 0 fully saturated rings. The quantitative estimate of drug-likeness (QED) is 0.248. The second-order valence-electron chi connectivity index (χ2n) is 5.13. The van der Waals surface area contributed by atoms with Crippen LogP contribution in [0.5, 0.6) is 5.75 Å². The van der Waals surface area contributed by atoms with E-state index in [0.717, 1.165) is 0 Å². The van der Waals surface area contributed by atoms with Crippen LogP contribution >= 0.6 is 0 Å². The number of benzene rings is 1. The van der Waals surface area contributed by atoms with Gasteiger partial charge in [0.15, 0.2) is 0 Å². The van der Waals surface area contributed by atoms with E-state index in [9.17, 15) is 10.1 Å². The van der Waals surface area contributed by atoms with E-state index in [2.05, 4.69) is 0 Å². The molecule has 1 aromatic rings. The molecule has 0 spiro atoms. The Morgan fingerprint density at radius 2 is 1.27 bits per heavy atom. The molecule has 26 heavy (non-hydrogen) atoms. The summed E-state index contributed by atoms with van der Waals surface area (Å²) < 4.78 is 26.6. The lowest BCUT2D eigenvalue weighted by Gasteiger charge is -2.08. The summed E-state index contributed by atoms with van der Waals surface area (Å²) in [5.41, 5.74) is 0.0427. The van der Waals surface area contributed by atoms with E-state index in [1.54, 1.807) is 12.1 Å². The molecule has 0 aromatic heterocycles. The van der Waals surface area contributed by atoms with Crippen LogP contribution in [-0.2, 0) is 18.9 Å². The number of hydrogen-bond donors (Lipinski definition) is 1. The third-order valence-corrected chi connectivity index (χ3v) is 3.10. The van der Waals surface area contributed by atoms with Crippen molar-refractivity contribution in [2.24, 2.45) is 0 Å². The highest BCUT2D eigenvalue weighted by molar-refractivity contribution is 5.35. The van der Waals surface area contributed by atoms with E-state index < -0.39 is 4.92 Å². The predicted molar refractivity (Wildman–Crippen MR) is 93.6 cm³/mol. The summed E-state index contributed by atoms with van der Waals surface area (Å²) in [4.78, 5) is 10.1. The molecule has 148 valence electrons. The number of rotatable bonds is 17.